The number of benzene rings is 1. The molecule has 0 spiro atoms. The van der Waals surface area contributed by atoms with Gasteiger partial charge in [-0.1, -0.05) is 41.5 Å². The van der Waals surface area contributed by atoms with Crippen LogP contribution in [0, 0.1) is 0 Å². The number of phenolic OH excluding ortho intramolecular Hbond substituents is 1. The molecule has 0 aliphatic rings. The van der Waals surface area contributed by atoms with E-state index in [-0.39, 0.29) is 22.1 Å². The van der Waals surface area contributed by atoms with Gasteiger partial charge in [-0.15, -0.1) is 0 Å². The molecule has 4 nitrogen and oxygen atoms in total. The van der Waals surface area contributed by atoms with Crippen molar-refractivity contribution >= 4 is 11.9 Å². The average Bonchev–Trinajstić information content (AvgIpc) is 2.24. The minimum atomic E-state index is -0.696. The number of rotatable bonds is 1. The molecule has 0 amide bonds. The van der Waals surface area contributed by atoms with Crippen LogP contribution in [0.15, 0.2) is 12.1 Å². The number of phenols is 1. The van der Waals surface area contributed by atoms with Gasteiger partial charge in [0.05, 0.1) is 5.56 Å². The zero-order chi connectivity index (χ0) is 16.6. The van der Waals surface area contributed by atoms with E-state index in [1.807, 2.05) is 41.5 Å². The first-order chi connectivity index (χ1) is 9.34. The third kappa shape index (κ3) is 4.06. The molecule has 0 saturated heterocycles. The van der Waals surface area contributed by atoms with Gasteiger partial charge < -0.3 is 9.84 Å². The highest BCUT2D eigenvalue weighted by molar-refractivity contribution is 5.97. The van der Waals surface area contributed by atoms with Crippen molar-refractivity contribution in [2.24, 2.45) is 0 Å². The minimum Gasteiger partial charge on any atom is -0.507 e. The molecule has 0 aliphatic heterocycles. The van der Waals surface area contributed by atoms with E-state index in [0.29, 0.717) is 11.1 Å². The molecule has 0 aromatic heterocycles. The van der Waals surface area contributed by atoms with Crippen LogP contribution in [0.25, 0.3) is 0 Å². The first-order valence-electron chi connectivity index (χ1n) is 6.94. The predicted octanol–water partition coefficient (Wildman–Crippen LogP) is 3.69. The average molecular weight is 292 g/mol. The van der Waals surface area contributed by atoms with Crippen molar-refractivity contribution in [1.82, 2.24) is 0 Å². The van der Waals surface area contributed by atoms with E-state index in [1.165, 1.54) is 6.92 Å². The lowest BCUT2D eigenvalue weighted by Crippen LogP contribution is -2.19. The molecule has 0 unspecified atom stereocenters. The highest BCUT2D eigenvalue weighted by Gasteiger charge is 2.28. The Bertz CT molecular complexity index is 536. The molecule has 0 bridgehead atoms. The topological polar surface area (TPSA) is 63.6 Å². The van der Waals surface area contributed by atoms with E-state index in [0.717, 1.165) is 0 Å². The Hall–Kier alpha value is -1.84. The Morgan fingerprint density at radius 1 is 0.952 bits per heavy atom. The van der Waals surface area contributed by atoms with Crippen LogP contribution >= 0.6 is 0 Å². The SMILES string of the molecule is CC(=O)OC(=O)c1cc(C(C)(C)C)c(O)c(C(C)(C)C)c1. The van der Waals surface area contributed by atoms with E-state index in [1.54, 1.807) is 12.1 Å². The lowest BCUT2D eigenvalue weighted by atomic mass is 9.78. The summed E-state index contributed by atoms with van der Waals surface area (Å²) >= 11 is 0. The van der Waals surface area contributed by atoms with Crippen molar-refractivity contribution < 1.29 is 19.4 Å². The number of hydrogen-bond donors (Lipinski definition) is 1. The van der Waals surface area contributed by atoms with Crippen molar-refractivity contribution in [1.29, 1.82) is 0 Å². The van der Waals surface area contributed by atoms with E-state index in [2.05, 4.69) is 4.74 Å². The summed E-state index contributed by atoms with van der Waals surface area (Å²) in [4.78, 5) is 23.0. The van der Waals surface area contributed by atoms with Gasteiger partial charge in [-0.05, 0) is 23.0 Å². The lowest BCUT2D eigenvalue weighted by Gasteiger charge is -2.27. The fourth-order valence-electron chi connectivity index (χ4n) is 2.09. The van der Waals surface area contributed by atoms with Crippen molar-refractivity contribution in [3.63, 3.8) is 0 Å². The Labute approximate surface area is 126 Å². The van der Waals surface area contributed by atoms with Crippen LogP contribution in [0.3, 0.4) is 0 Å². The number of carbonyl (C=O) groups is 2. The summed E-state index contributed by atoms with van der Waals surface area (Å²) in [7, 11) is 0. The number of hydrogen-bond acceptors (Lipinski definition) is 4. The third-order valence-corrected chi connectivity index (χ3v) is 3.20. The molecule has 1 N–H and O–H groups in total. The largest absolute Gasteiger partial charge is 0.507 e. The lowest BCUT2D eigenvalue weighted by molar-refractivity contribution is -0.135. The number of ether oxygens (including phenoxy) is 1. The van der Waals surface area contributed by atoms with Crippen molar-refractivity contribution in [2.75, 3.05) is 0 Å². The molecule has 0 fully saturated rings. The molecule has 116 valence electrons. The summed E-state index contributed by atoms with van der Waals surface area (Å²) in [5, 5.41) is 10.5. The van der Waals surface area contributed by atoms with Gasteiger partial charge in [-0.25, -0.2) is 4.79 Å². The second kappa shape index (κ2) is 5.51. The van der Waals surface area contributed by atoms with Gasteiger partial charge in [0, 0.05) is 18.1 Å². The number of carbonyl (C=O) groups excluding carboxylic acids is 2. The van der Waals surface area contributed by atoms with Crippen LogP contribution in [-0.2, 0) is 20.4 Å². The third-order valence-electron chi connectivity index (χ3n) is 3.20. The monoisotopic (exact) mass is 292 g/mol. The van der Waals surface area contributed by atoms with Crippen LogP contribution in [-0.4, -0.2) is 17.0 Å². The molecule has 0 aliphatic carbocycles. The Kier molecular flexibility index (Phi) is 4.51. The normalized spacial score (nSPS) is 12.1. The van der Waals surface area contributed by atoms with Crippen LogP contribution in [0.2, 0.25) is 0 Å². The summed E-state index contributed by atoms with van der Waals surface area (Å²) < 4.78 is 4.65. The molecule has 4 heteroatoms. The fourth-order valence-corrected chi connectivity index (χ4v) is 2.09. The molecule has 21 heavy (non-hydrogen) atoms. The summed E-state index contributed by atoms with van der Waals surface area (Å²) in [6.45, 7) is 12.9. The van der Waals surface area contributed by atoms with E-state index in [9.17, 15) is 14.7 Å². The van der Waals surface area contributed by atoms with E-state index >= 15 is 0 Å². The van der Waals surface area contributed by atoms with Gasteiger partial charge in [-0.2, -0.15) is 0 Å². The highest BCUT2D eigenvalue weighted by Crippen LogP contribution is 2.39. The van der Waals surface area contributed by atoms with Gasteiger partial charge in [0.15, 0.2) is 0 Å². The molecule has 0 saturated carbocycles. The number of aromatic hydroxyl groups is 1. The van der Waals surface area contributed by atoms with Gasteiger partial charge in [0.2, 0.25) is 0 Å². The van der Waals surface area contributed by atoms with Crippen LogP contribution < -0.4 is 0 Å². The summed E-state index contributed by atoms with van der Waals surface area (Å²) in [6.07, 6.45) is 0. The molecule has 1 rings (SSSR count). The van der Waals surface area contributed by atoms with Crippen molar-refractivity contribution in [3.05, 3.63) is 28.8 Å². The Morgan fingerprint density at radius 3 is 1.62 bits per heavy atom. The quantitative estimate of drug-likeness (QED) is 0.633. The van der Waals surface area contributed by atoms with Crippen molar-refractivity contribution in [3.8, 4) is 5.75 Å². The van der Waals surface area contributed by atoms with Crippen LogP contribution in [0.5, 0.6) is 5.75 Å². The maximum absolute atomic E-state index is 12.0. The minimum absolute atomic E-state index is 0.189. The first-order valence-corrected chi connectivity index (χ1v) is 6.94. The zero-order valence-corrected chi connectivity index (χ0v) is 13.8. The predicted molar refractivity (Wildman–Crippen MR) is 81.6 cm³/mol. The molecule has 1 aromatic rings. The van der Waals surface area contributed by atoms with Gasteiger partial charge in [-0.3, -0.25) is 4.79 Å². The molecular formula is C17H24O4. The van der Waals surface area contributed by atoms with E-state index < -0.39 is 11.9 Å². The molecular weight excluding hydrogens is 268 g/mol. The van der Waals surface area contributed by atoms with Crippen molar-refractivity contribution in [2.45, 2.75) is 59.3 Å². The molecule has 0 heterocycles. The maximum Gasteiger partial charge on any atom is 0.345 e. The summed E-state index contributed by atoms with van der Waals surface area (Å²) in [5.41, 5.74) is 0.918. The van der Waals surface area contributed by atoms with Gasteiger partial charge in [0.1, 0.15) is 5.75 Å². The van der Waals surface area contributed by atoms with Crippen LogP contribution in [0.1, 0.15) is 70.0 Å². The highest BCUT2D eigenvalue weighted by atomic mass is 16.6. The maximum atomic E-state index is 12.0. The number of esters is 2. The Morgan fingerprint density at radius 2 is 1.33 bits per heavy atom. The first kappa shape index (κ1) is 17.2. The standard InChI is InChI=1S/C17H24O4/c1-10(18)21-15(20)11-8-12(16(2,3)4)14(19)13(9-11)17(5,6)7/h8-9,19H,1-7H3. The van der Waals surface area contributed by atoms with Gasteiger partial charge in [0.25, 0.3) is 0 Å². The zero-order valence-electron chi connectivity index (χ0n) is 13.8. The second-order valence-electron chi connectivity index (χ2n) is 7.30. The van der Waals surface area contributed by atoms with Crippen LogP contribution in [0.4, 0.5) is 0 Å². The van der Waals surface area contributed by atoms with E-state index in [4.69, 9.17) is 0 Å². The van der Waals surface area contributed by atoms with Gasteiger partial charge >= 0.3 is 11.9 Å². The molecule has 1 aromatic carbocycles. The second-order valence-corrected chi connectivity index (χ2v) is 7.30. The smallest absolute Gasteiger partial charge is 0.345 e. The summed E-state index contributed by atoms with van der Waals surface area (Å²) in [5.74, 6) is -1.16. The fraction of sp³-hybridized carbons (Fsp3) is 0.529. The summed E-state index contributed by atoms with van der Waals surface area (Å²) in [6, 6.07) is 3.19. The Balaban J connectivity index is 3.55. The molecule has 0 atom stereocenters. The molecule has 0 radical (unpaired) electrons.